The average Bonchev–Trinajstić information content (AvgIpc) is 2.90. The second-order valence-electron chi connectivity index (χ2n) is 9.97. The molecular weight excluding hydrogens is 448 g/mol. The van der Waals surface area contributed by atoms with Crippen LogP contribution in [0.2, 0.25) is 0 Å². The number of carbonyl (C=O) groups is 3. The van der Waals surface area contributed by atoms with Gasteiger partial charge in [-0.15, -0.1) is 0 Å². The minimum atomic E-state index is -0.464. The minimum Gasteiger partial charge on any atom is -0.348 e. The fourth-order valence-corrected chi connectivity index (χ4v) is 5.29. The third kappa shape index (κ3) is 5.31. The van der Waals surface area contributed by atoms with Crippen LogP contribution in [0.4, 0.5) is 0 Å². The maximum atomic E-state index is 14.0. The number of nitrogens with zero attached hydrogens (tertiary/aromatic N) is 2. The molecular formula is C31H34N2O3. The van der Waals surface area contributed by atoms with Crippen molar-refractivity contribution in [1.29, 1.82) is 0 Å². The predicted molar refractivity (Wildman–Crippen MR) is 142 cm³/mol. The van der Waals surface area contributed by atoms with Crippen molar-refractivity contribution in [2.45, 2.75) is 19.8 Å². The van der Waals surface area contributed by atoms with Gasteiger partial charge in [0.05, 0.1) is 6.54 Å². The lowest BCUT2D eigenvalue weighted by Crippen LogP contribution is -2.52. The molecule has 1 aliphatic heterocycles. The Labute approximate surface area is 213 Å². The Morgan fingerprint density at radius 3 is 1.72 bits per heavy atom. The molecule has 0 saturated carbocycles. The molecule has 5 nitrogen and oxygen atoms in total. The fraction of sp³-hybridized carbons (Fsp3) is 0.323. The number of hydrogen-bond acceptors (Lipinski definition) is 4. The van der Waals surface area contributed by atoms with E-state index in [4.69, 9.17) is 0 Å². The molecule has 1 fully saturated rings. The van der Waals surface area contributed by atoms with Gasteiger partial charge in [-0.3, -0.25) is 19.3 Å². The molecule has 0 spiro atoms. The molecule has 0 aromatic heterocycles. The van der Waals surface area contributed by atoms with Crippen LogP contribution < -0.4 is 0 Å². The van der Waals surface area contributed by atoms with Gasteiger partial charge < -0.3 is 4.90 Å². The van der Waals surface area contributed by atoms with Crippen molar-refractivity contribution in [2.24, 2.45) is 11.8 Å². The number of likely N-dealkylation sites (tertiary alicyclic amines) is 1. The van der Waals surface area contributed by atoms with E-state index in [-0.39, 0.29) is 29.9 Å². The van der Waals surface area contributed by atoms with Crippen molar-refractivity contribution in [3.05, 3.63) is 107 Å². The first-order valence-electron chi connectivity index (χ1n) is 12.4. The lowest BCUT2D eigenvalue weighted by Gasteiger charge is -2.43. The Bertz CT molecular complexity index is 1180. The van der Waals surface area contributed by atoms with E-state index in [2.05, 4.69) is 26.0 Å². The second kappa shape index (κ2) is 11.0. The molecule has 0 N–H and O–H groups in total. The number of likely N-dealkylation sites (N-methyl/N-ethyl adjacent to an activating group) is 1. The second-order valence-corrected chi connectivity index (χ2v) is 9.97. The molecule has 1 heterocycles. The molecule has 1 saturated heterocycles. The van der Waals surface area contributed by atoms with Crippen LogP contribution in [0.5, 0.6) is 0 Å². The molecule has 1 amide bonds. The van der Waals surface area contributed by atoms with Gasteiger partial charge in [0.15, 0.2) is 11.6 Å². The first kappa shape index (κ1) is 25.5. The normalized spacial score (nSPS) is 20.1. The van der Waals surface area contributed by atoms with Gasteiger partial charge in [-0.05, 0) is 30.5 Å². The molecule has 1 aliphatic rings. The van der Waals surface area contributed by atoms with Gasteiger partial charge in [0.25, 0.3) is 0 Å². The highest BCUT2D eigenvalue weighted by atomic mass is 16.2. The highest BCUT2D eigenvalue weighted by Crippen LogP contribution is 2.42. The van der Waals surface area contributed by atoms with E-state index in [1.54, 1.807) is 19.0 Å². The van der Waals surface area contributed by atoms with E-state index in [9.17, 15) is 14.4 Å². The maximum Gasteiger partial charge on any atom is 0.236 e. The van der Waals surface area contributed by atoms with E-state index in [0.717, 1.165) is 16.7 Å². The first-order valence-corrected chi connectivity index (χ1v) is 12.4. The van der Waals surface area contributed by atoms with Crippen molar-refractivity contribution in [3.63, 3.8) is 0 Å². The number of aryl methyl sites for hydroxylation is 1. The third-order valence-corrected chi connectivity index (χ3v) is 7.43. The summed E-state index contributed by atoms with van der Waals surface area (Å²) in [4.78, 5) is 44.2. The van der Waals surface area contributed by atoms with Crippen LogP contribution in [-0.4, -0.2) is 61.0 Å². The number of rotatable bonds is 7. The summed E-state index contributed by atoms with van der Waals surface area (Å²) in [7, 11) is 3.45. The maximum absolute atomic E-state index is 14.0. The molecule has 36 heavy (non-hydrogen) atoms. The quantitative estimate of drug-likeness (QED) is 0.455. The Balaban J connectivity index is 1.85. The molecule has 4 rings (SSSR count). The van der Waals surface area contributed by atoms with Gasteiger partial charge in [-0.25, -0.2) is 0 Å². The summed E-state index contributed by atoms with van der Waals surface area (Å²) in [6.07, 6.45) is 0. The monoisotopic (exact) mass is 482 g/mol. The van der Waals surface area contributed by atoms with E-state index in [1.165, 1.54) is 0 Å². The Kier molecular flexibility index (Phi) is 7.80. The van der Waals surface area contributed by atoms with Crippen LogP contribution >= 0.6 is 0 Å². The summed E-state index contributed by atoms with van der Waals surface area (Å²) in [6, 6.07) is 24.7. The molecule has 0 radical (unpaired) electrons. The number of piperidine rings is 1. The summed E-state index contributed by atoms with van der Waals surface area (Å²) in [6.45, 7) is 5.14. The molecule has 0 bridgehead atoms. The number of amides is 1. The summed E-state index contributed by atoms with van der Waals surface area (Å²) in [5.41, 5.74) is 4.54. The van der Waals surface area contributed by atoms with Crippen molar-refractivity contribution >= 4 is 17.5 Å². The summed E-state index contributed by atoms with van der Waals surface area (Å²) in [5, 5.41) is 0. The number of hydrogen-bond donors (Lipinski definition) is 0. The van der Waals surface area contributed by atoms with Crippen LogP contribution in [-0.2, 0) is 4.79 Å². The molecule has 3 aromatic carbocycles. The first-order chi connectivity index (χ1) is 17.3. The molecule has 3 aromatic rings. The van der Waals surface area contributed by atoms with Crippen molar-refractivity contribution in [2.75, 3.05) is 33.7 Å². The van der Waals surface area contributed by atoms with Crippen molar-refractivity contribution in [3.8, 4) is 0 Å². The zero-order chi connectivity index (χ0) is 25.8. The third-order valence-electron chi connectivity index (χ3n) is 7.43. The van der Waals surface area contributed by atoms with Crippen molar-refractivity contribution < 1.29 is 14.4 Å². The summed E-state index contributed by atoms with van der Waals surface area (Å²) >= 11 is 0. The lowest BCUT2D eigenvalue weighted by atomic mass is 9.67. The zero-order valence-electron chi connectivity index (χ0n) is 21.5. The highest BCUT2D eigenvalue weighted by Gasteiger charge is 2.45. The van der Waals surface area contributed by atoms with E-state index < -0.39 is 11.8 Å². The van der Waals surface area contributed by atoms with Crippen LogP contribution in [0.25, 0.3) is 0 Å². The van der Waals surface area contributed by atoms with Gasteiger partial charge in [0.2, 0.25) is 5.91 Å². The van der Waals surface area contributed by atoms with Crippen LogP contribution in [0.3, 0.4) is 0 Å². The predicted octanol–water partition coefficient (Wildman–Crippen LogP) is 4.79. The van der Waals surface area contributed by atoms with Gasteiger partial charge in [-0.2, -0.15) is 0 Å². The van der Waals surface area contributed by atoms with Gasteiger partial charge in [0, 0.05) is 56.1 Å². The van der Waals surface area contributed by atoms with E-state index >= 15 is 0 Å². The van der Waals surface area contributed by atoms with Gasteiger partial charge in [-0.1, -0.05) is 78.9 Å². The number of carbonyl (C=O) groups excluding carboxylic acids is 3. The minimum absolute atomic E-state index is 0.00868. The topological polar surface area (TPSA) is 57.7 Å². The average molecular weight is 483 g/mol. The van der Waals surface area contributed by atoms with Crippen LogP contribution in [0, 0.1) is 25.7 Å². The molecule has 186 valence electrons. The molecule has 1 unspecified atom stereocenters. The Morgan fingerprint density at radius 2 is 1.25 bits per heavy atom. The summed E-state index contributed by atoms with van der Waals surface area (Å²) < 4.78 is 0. The molecule has 3 atom stereocenters. The zero-order valence-corrected chi connectivity index (χ0v) is 21.5. The Hall–Kier alpha value is -3.57. The van der Waals surface area contributed by atoms with E-state index in [0.29, 0.717) is 24.2 Å². The number of benzene rings is 3. The fourth-order valence-electron chi connectivity index (χ4n) is 5.29. The SMILES string of the molecule is Cc1cccc(C2[C@@H](C(=O)c3ccccc3)CN(CC(=O)N(C)C)C[C@H]2C(=O)c2ccccc2)c1C. The van der Waals surface area contributed by atoms with Gasteiger partial charge >= 0.3 is 0 Å². The standard InChI is InChI=1S/C31H34N2O3/c1-21-12-11-17-25(22(21)2)29-26(30(35)23-13-7-5-8-14-23)18-33(20-28(34)32(3)4)19-27(29)31(36)24-15-9-6-10-16-24/h5-17,26-27,29H,18-20H2,1-4H3/t26-,27+,29?. The Morgan fingerprint density at radius 1 is 0.750 bits per heavy atom. The number of Topliss-reactive ketones (excluding diaryl/α,β-unsaturated/α-hetero) is 2. The van der Waals surface area contributed by atoms with E-state index in [1.807, 2.05) is 71.6 Å². The van der Waals surface area contributed by atoms with Crippen molar-refractivity contribution in [1.82, 2.24) is 9.80 Å². The van der Waals surface area contributed by atoms with Crippen LogP contribution in [0.15, 0.2) is 78.9 Å². The van der Waals surface area contributed by atoms with Crippen LogP contribution in [0.1, 0.15) is 43.3 Å². The summed E-state index contributed by atoms with van der Waals surface area (Å²) in [5.74, 6) is -1.25. The highest BCUT2D eigenvalue weighted by molar-refractivity contribution is 6.02. The number of ketones is 2. The largest absolute Gasteiger partial charge is 0.348 e. The molecule has 5 heteroatoms. The lowest BCUT2D eigenvalue weighted by molar-refractivity contribution is -0.130. The molecule has 0 aliphatic carbocycles. The van der Waals surface area contributed by atoms with Gasteiger partial charge in [0.1, 0.15) is 0 Å². The smallest absolute Gasteiger partial charge is 0.236 e.